The first-order valence-corrected chi connectivity index (χ1v) is 9.25. The van der Waals surface area contributed by atoms with E-state index < -0.39 is 0 Å². The Balaban J connectivity index is 1.68. The van der Waals surface area contributed by atoms with E-state index in [9.17, 15) is 5.11 Å². The number of H-pyrrole nitrogens is 1. The number of aromatic nitrogens is 1. The molecule has 4 aliphatic rings. The van der Waals surface area contributed by atoms with Crippen LogP contribution in [0.4, 0.5) is 0 Å². The van der Waals surface area contributed by atoms with E-state index in [1.807, 2.05) is 12.1 Å². The second-order valence-electron chi connectivity index (χ2n) is 8.02. The zero-order valence-corrected chi connectivity index (χ0v) is 14.0. The van der Waals surface area contributed by atoms with Crippen LogP contribution in [0.15, 0.2) is 18.2 Å². The Bertz CT molecular complexity index is 764. The van der Waals surface area contributed by atoms with Gasteiger partial charge in [0, 0.05) is 41.6 Å². The molecule has 3 nitrogen and oxygen atoms in total. The molecule has 1 aliphatic carbocycles. The summed E-state index contributed by atoms with van der Waals surface area (Å²) in [6.45, 7) is 7.34. The molecular formula is C20H26N2O. The summed E-state index contributed by atoms with van der Waals surface area (Å²) in [5.41, 5.74) is 4.15. The van der Waals surface area contributed by atoms with E-state index in [2.05, 4.69) is 23.7 Å². The van der Waals surface area contributed by atoms with Crippen molar-refractivity contribution < 1.29 is 5.11 Å². The van der Waals surface area contributed by atoms with Crippen molar-refractivity contribution in [1.82, 2.24) is 9.88 Å². The van der Waals surface area contributed by atoms with Gasteiger partial charge in [-0.05, 0) is 54.4 Å². The van der Waals surface area contributed by atoms with Crippen LogP contribution in [-0.2, 0) is 6.42 Å². The van der Waals surface area contributed by atoms with Crippen LogP contribution < -0.4 is 0 Å². The van der Waals surface area contributed by atoms with E-state index in [0.29, 0.717) is 17.7 Å². The van der Waals surface area contributed by atoms with Gasteiger partial charge in [-0.3, -0.25) is 4.90 Å². The second kappa shape index (κ2) is 4.76. The lowest BCUT2D eigenvalue weighted by Gasteiger charge is -2.56. The van der Waals surface area contributed by atoms with Crippen molar-refractivity contribution >= 4 is 10.9 Å². The first kappa shape index (κ1) is 13.9. The van der Waals surface area contributed by atoms with Gasteiger partial charge in [0.1, 0.15) is 5.75 Å². The number of rotatable bonds is 1. The number of phenols is 1. The van der Waals surface area contributed by atoms with Crippen LogP contribution >= 0.6 is 0 Å². The molecule has 23 heavy (non-hydrogen) atoms. The summed E-state index contributed by atoms with van der Waals surface area (Å²) < 4.78 is 0. The quantitative estimate of drug-likeness (QED) is 0.839. The van der Waals surface area contributed by atoms with E-state index >= 15 is 0 Å². The molecule has 6 rings (SSSR count). The molecule has 0 spiro atoms. The molecule has 1 aromatic carbocycles. The van der Waals surface area contributed by atoms with Gasteiger partial charge < -0.3 is 10.1 Å². The summed E-state index contributed by atoms with van der Waals surface area (Å²) >= 11 is 0. The number of piperidine rings is 2. The van der Waals surface area contributed by atoms with Crippen LogP contribution in [0.5, 0.6) is 5.75 Å². The zero-order chi connectivity index (χ0) is 15.7. The Hall–Kier alpha value is -1.48. The summed E-state index contributed by atoms with van der Waals surface area (Å²) in [5.74, 6) is 3.58. The molecule has 1 saturated carbocycles. The minimum absolute atomic E-state index is 0.383. The van der Waals surface area contributed by atoms with Gasteiger partial charge in [0.05, 0.1) is 0 Å². The van der Waals surface area contributed by atoms with Crippen LogP contribution in [0, 0.1) is 17.8 Å². The van der Waals surface area contributed by atoms with Crippen LogP contribution in [0.25, 0.3) is 10.9 Å². The van der Waals surface area contributed by atoms with Crippen molar-refractivity contribution in [1.29, 1.82) is 0 Å². The van der Waals surface area contributed by atoms with Crippen molar-refractivity contribution in [2.24, 2.45) is 17.8 Å². The molecule has 122 valence electrons. The Kier molecular flexibility index (Phi) is 2.88. The molecule has 6 atom stereocenters. The monoisotopic (exact) mass is 310 g/mol. The maximum atomic E-state index is 9.90. The molecule has 3 heteroatoms. The van der Waals surface area contributed by atoms with E-state index in [1.54, 1.807) is 6.07 Å². The number of phenolic OH excluding ortho intramolecular Hbond substituents is 1. The van der Waals surface area contributed by atoms with Gasteiger partial charge in [-0.25, -0.2) is 0 Å². The summed E-state index contributed by atoms with van der Waals surface area (Å²) in [6, 6.07) is 6.50. The van der Waals surface area contributed by atoms with E-state index in [1.165, 1.54) is 48.1 Å². The van der Waals surface area contributed by atoms with Gasteiger partial charge in [-0.15, -0.1) is 0 Å². The van der Waals surface area contributed by atoms with Gasteiger partial charge in [0.2, 0.25) is 0 Å². The first-order chi connectivity index (χ1) is 11.2. The third kappa shape index (κ3) is 1.80. The Morgan fingerprint density at radius 2 is 2.22 bits per heavy atom. The molecule has 2 saturated heterocycles. The number of nitrogens with one attached hydrogen (secondary N) is 1. The van der Waals surface area contributed by atoms with Crippen molar-refractivity contribution in [3.8, 4) is 5.75 Å². The lowest BCUT2D eigenvalue weighted by molar-refractivity contribution is -0.0540. The van der Waals surface area contributed by atoms with Gasteiger partial charge in [0.15, 0.2) is 0 Å². The fourth-order valence-corrected chi connectivity index (χ4v) is 6.07. The van der Waals surface area contributed by atoms with Gasteiger partial charge in [-0.2, -0.15) is 0 Å². The molecule has 2 N–H and O–H groups in total. The van der Waals surface area contributed by atoms with E-state index in [4.69, 9.17) is 0 Å². The van der Waals surface area contributed by atoms with E-state index in [-0.39, 0.29) is 0 Å². The van der Waals surface area contributed by atoms with Crippen molar-refractivity contribution in [2.45, 2.75) is 45.1 Å². The fourth-order valence-electron chi connectivity index (χ4n) is 6.07. The third-order valence-corrected chi connectivity index (χ3v) is 7.13. The molecule has 2 aromatic rings. The predicted octanol–water partition coefficient (Wildman–Crippen LogP) is 3.88. The highest BCUT2D eigenvalue weighted by Crippen LogP contribution is 2.53. The fraction of sp³-hybridized carbons (Fsp3) is 0.600. The summed E-state index contributed by atoms with van der Waals surface area (Å²) in [6.07, 6.45) is 3.75. The largest absolute Gasteiger partial charge is 0.508 e. The molecule has 4 unspecified atom stereocenters. The van der Waals surface area contributed by atoms with Crippen LogP contribution in [0.2, 0.25) is 0 Å². The molecule has 4 heterocycles. The average Bonchev–Trinajstić information content (AvgIpc) is 2.86. The molecule has 3 fully saturated rings. The van der Waals surface area contributed by atoms with E-state index in [0.717, 1.165) is 24.2 Å². The zero-order valence-electron chi connectivity index (χ0n) is 14.0. The second-order valence-corrected chi connectivity index (χ2v) is 8.02. The Labute approximate surface area is 137 Å². The molecule has 0 radical (unpaired) electrons. The minimum atomic E-state index is 0.383. The molecule has 0 amide bonds. The van der Waals surface area contributed by atoms with Gasteiger partial charge >= 0.3 is 0 Å². The van der Waals surface area contributed by atoms with Gasteiger partial charge in [0.25, 0.3) is 0 Å². The highest BCUT2D eigenvalue weighted by Gasteiger charge is 2.51. The average molecular weight is 310 g/mol. The van der Waals surface area contributed by atoms with Gasteiger partial charge in [-0.1, -0.05) is 20.3 Å². The highest BCUT2D eigenvalue weighted by atomic mass is 16.3. The molecule has 4 bridgehead atoms. The molecule has 3 aliphatic heterocycles. The maximum Gasteiger partial charge on any atom is 0.116 e. The lowest BCUT2D eigenvalue weighted by Crippen LogP contribution is -2.59. The number of aromatic hydroxyl groups is 1. The number of aromatic amines is 1. The number of nitrogens with zero attached hydrogens (tertiary/aromatic N) is 1. The summed E-state index contributed by atoms with van der Waals surface area (Å²) in [7, 11) is 0. The topological polar surface area (TPSA) is 39.3 Å². The standard InChI is InChI=1S/C20H26N2O/c1-3-14-11(2)12-8-17-19-15(6-7-22(10-12)20(14)17)16-9-13(23)4-5-18(16)21-19/h4-5,9,11-12,14,17,20-21,23H,3,6-8,10H2,1-2H3/t11?,12-,14?,17-,20?/m0/s1. The summed E-state index contributed by atoms with van der Waals surface area (Å²) in [4.78, 5) is 6.53. The summed E-state index contributed by atoms with van der Waals surface area (Å²) in [5, 5.41) is 11.1. The number of hydrogen-bond acceptors (Lipinski definition) is 2. The van der Waals surface area contributed by atoms with Crippen LogP contribution in [-0.4, -0.2) is 34.1 Å². The smallest absolute Gasteiger partial charge is 0.116 e. The van der Waals surface area contributed by atoms with Crippen molar-refractivity contribution in [3.05, 3.63) is 29.5 Å². The predicted molar refractivity (Wildman–Crippen MR) is 92.8 cm³/mol. The van der Waals surface area contributed by atoms with Crippen molar-refractivity contribution in [3.63, 3.8) is 0 Å². The lowest BCUT2D eigenvalue weighted by atomic mass is 9.60. The number of fused-ring (bicyclic) bond motifs is 4. The number of hydrogen-bond donors (Lipinski definition) is 2. The minimum Gasteiger partial charge on any atom is -0.508 e. The van der Waals surface area contributed by atoms with Crippen LogP contribution in [0.3, 0.4) is 0 Å². The highest BCUT2D eigenvalue weighted by molar-refractivity contribution is 5.86. The molecule has 1 aromatic heterocycles. The molecular weight excluding hydrogens is 284 g/mol. The number of benzene rings is 1. The Morgan fingerprint density at radius 3 is 3.04 bits per heavy atom. The normalized spacial score (nSPS) is 38.5. The van der Waals surface area contributed by atoms with Crippen molar-refractivity contribution in [2.75, 3.05) is 13.1 Å². The Morgan fingerprint density at radius 1 is 1.35 bits per heavy atom. The first-order valence-electron chi connectivity index (χ1n) is 9.25. The SMILES string of the molecule is CCC1C(C)[C@H]2C[C@H]3c4[nH]c5ccc(O)cc5c4CCN(C2)C13. The third-order valence-electron chi connectivity index (χ3n) is 7.13. The maximum absolute atomic E-state index is 9.90. The van der Waals surface area contributed by atoms with Crippen LogP contribution in [0.1, 0.15) is 43.9 Å².